The molecule has 4 heteroatoms. The number of hydrogen-bond donors (Lipinski definition) is 0. The summed E-state index contributed by atoms with van der Waals surface area (Å²) >= 11 is 1.79. The summed E-state index contributed by atoms with van der Waals surface area (Å²) in [7, 11) is 0. The molecule has 3 nitrogen and oxygen atoms in total. The van der Waals surface area contributed by atoms with E-state index in [1.807, 2.05) is 12.3 Å². The van der Waals surface area contributed by atoms with Gasteiger partial charge in [0.1, 0.15) is 0 Å². The quantitative estimate of drug-likeness (QED) is 0.804. The third-order valence-corrected chi connectivity index (χ3v) is 4.68. The molecule has 0 radical (unpaired) electrons. The lowest BCUT2D eigenvalue weighted by Crippen LogP contribution is -2.27. The lowest BCUT2D eigenvalue weighted by atomic mass is 9.87. The zero-order chi connectivity index (χ0) is 13.8. The van der Waals surface area contributed by atoms with Gasteiger partial charge in [-0.25, -0.2) is 0 Å². The fraction of sp³-hybridized carbons (Fsp3) is 0.438. The summed E-state index contributed by atoms with van der Waals surface area (Å²) < 4.78 is 7.62. The molecule has 106 valence electrons. The third-order valence-electron chi connectivity index (χ3n) is 3.96. The summed E-state index contributed by atoms with van der Waals surface area (Å²) in [6, 6.07) is 11.2. The molecule has 0 N–H and O–H groups in total. The second kappa shape index (κ2) is 6.46. The predicted molar refractivity (Wildman–Crippen MR) is 82.1 cm³/mol. The molecular weight excluding hydrogens is 268 g/mol. The summed E-state index contributed by atoms with van der Waals surface area (Å²) in [5.41, 5.74) is 1.35. The molecule has 1 saturated heterocycles. The van der Waals surface area contributed by atoms with E-state index in [0.717, 1.165) is 26.1 Å². The first-order chi connectivity index (χ1) is 9.88. The second-order valence-corrected chi connectivity index (χ2v) is 6.04. The Bertz CT molecular complexity index is 535. The summed E-state index contributed by atoms with van der Waals surface area (Å²) in [6.07, 6.45) is 8.27. The Hall–Kier alpha value is -1.26. The van der Waals surface area contributed by atoms with Crippen molar-refractivity contribution < 1.29 is 4.74 Å². The minimum absolute atomic E-state index is 0.320. The van der Waals surface area contributed by atoms with Crippen molar-refractivity contribution in [3.05, 3.63) is 48.3 Å². The number of rotatable bonds is 4. The monoisotopic (exact) mass is 288 g/mol. The van der Waals surface area contributed by atoms with Crippen molar-refractivity contribution in [1.29, 1.82) is 0 Å². The van der Waals surface area contributed by atoms with E-state index in [0.29, 0.717) is 12.0 Å². The van der Waals surface area contributed by atoms with Crippen LogP contribution in [0.15, 0.2) is 47.6 Å². The van der Waals surface area contributed by atoms with Crippen LogP contribution in [0.25, 0.3) is 0 Å². The van der Waals surface area contributed by atoms with Crippen LogP contribution in [0.3, 0.4) is 0 Å². The zero-order valence-corrected chi connectivity index (χ0v) is 12.6. The molecule has 1 aliphatic heterocycles. The van der Waals surface area contributed by atoms with Crippen LogP contribution in [0, 0.1) is 5.92 Å². The van der Waals surface area contributed by atoms with Gasteiger partial charge in [0, 0.05) is 30.5 Å². The molecule has 3 rings (SSSR count). The number of thioether (sulfide) groups is 1. The van der Waals surface area contributed by atoms with Gasteiger partial charge in [-0.3, -0.25) is 4.68 Å². The van der Waals surface area contributed by atoms with Crippen LogP contribution in [0.4, 0.5) is 0 Å². The molecule has 1 aliphatic rings. The third kappa shape index (κ3) is 2.91. The second-order valence-electron chi connectivity index (χ2n) is 5.16. The first-order valence-electron chi connectivity index (χ1n) is 7.09. The first kappa shape index (κ1) is 13.7. The van der Waals surface area contributed by atoms with Crippen molar-refractivity contribution in [1.82, 2.24) is 9.78 Å². The molecule has 0 spiro atoms. The minimum Gasteiger partial charge on any atom is -0.381 e. The van der Waals surface area contributed by atoms with Gasteiger partial charge in [0.05, 0.1) is 6.04 Å². The van der Waals surface area contributed by atoms with Gasteiger partial charge in [0.25, 0.3) is 0 Å². The highest BCUT2D eigenvalue weighted by Crippen LogP contribution is 2.34. The van der Waals surface area contributed by atoms with Gasteiger partial charge >= 0.3 is 0 Å². The van der Waals surface area contributed by atoms with Gasteiger partial charge in [0.15, 0.2) is 0 Å². The summed E-state index contributed by atoms with van der Waals surface area (Å²) in [5.74, 6) is 0.598. The van der Waals surface area contributed by atoms with Crippen LogP contribution in [0.5, 0.6) is 0 Å². The van der Waals surface area contributed by atoms with E-state index in [2.05, 4.69) is 46.5 Å². The number of aromatic nitrogens is 2. The molecule has 2 aromatic rings. The van der Waals surface area contributed by atoms with E-state index < -0.39 is 0 Å². The van der Waals surface area contributed by atoms with E-state index >= 15 is 0 Å². The van der Waals surface area contributed by atoms with Crippen molar-refractivity contribution in [2.24, 2.45) is 5.92 Å². The van der Waals surface area contributed by atoms with Crippen molar-refractivity contribution >= 4 is 11.8 Å². The number of benzene rings is 1. The van der Waals surface area contributed by atoms with Crippen LogP contribution in [-0.2, 0) is 4.74 Å². The smallest absolute Gasteiger partial charge is 0.0798 e. The molecule has 20 heavy (non-hydrogen) atoms. The maximum atomic E-state index is 5.51. The van der Waals surface area contributed by atoms with E-state index in [1.165, 1.54) is 10.5 Å². The fourth-order valence-corrected chi connectivity index (χ4v) is 3.41. The Balaban J connectivity index is 1.95. The summed E-state index contributed by atoms with van der Waals surface area (Å²) in [6.45, 7) is 1.73. The lowest BCUT2D eigenvalue weighted by molar-refractivity contribution is 0.0527. The number of ether oxygens (including phenoxy) is 1. The molecule has 1 aromatic carbocycles. The predicted octanol–water partition coefficient (Wildman–Crippen LogP) is 3.62. The van der Waals surface area contributed by atoms with Gasteiger partial charge in [-0.15, -0.1) is 11.8 Å². The normalized spacial score (nSPS) is 18.1. The molecule has 0 saturated carbocycles. The van der Waals surface area contributed by atoms with Gasteiger partial charge in [-0.2, -0.15) is 5.10 Å². The SMILES string of the molecule is CSc1cccc(C(C2CCOCC2)n2cccn2)c1. The van der Waals surface area contributed by atoms with Crippen molar-refractivity contribution in [3.63, 3.8) is 0 Å². The molecule has 1 aromatic heterocycles. The standard InChI is InChI=1S/C16H20N2OS/c1-20-15-5-2-4-14(12-15)16(18-9-3-8-17-18)13-6-10-19-11-7-13/h2-5,8-9,12-13,16H,6-7,10-11H2,1H3. The number of nitrogens with zero attached hydrogens (tertiary/aromatic N) is 2. The van der Waals surface area contributed by atoms with Gasteiger partial charge < -0.3 is 4.74 Å². The molecule has 1 atom stereocenters. The molecule has 0 bridgehead atoms. The largest absolute Gasteiger partial charge is 0.381 e. The van der Waals surface area contributed by atoms with Crippen molar-refractivity contribution in [3.8, 4) is 0 Å². The van der Waals surface area contributed by atoms with Crippen LogP contribution in [0.1, 0.15) is 24.4 Å². The molecule has 0 amide bonds. The molecule has 1 fully saturated rings. The molecule has 1 unspecified atom stereocenters. The fourth-order valence-electron chi connectivity index (χ4n) is 2.94. The summed E-state index contributed by atoms with van der Waals surface area (Å²) in [4.78, 5) is 1.31. The highest BCUT2D eigenvalue weighted by Gasteiger charge is 2.27. The van der Waals surface area contributed by atoms with Crippen LogP contribution >= 0.6 is 11.8 Å². The average molecular weight is 288 g/mol. The molecular formula is C16H20N2OS. The molecule has 2 heterocycles. The van der Waals surface area contributed by atoms with Crippen LogP contribution in [-0.4, -0.2) is 29.3 Å². The van der Waals surface area contributed by atoms with Crippen LogP contribution < -0.4 is 0 Å². The van der Waals surface area contributed by atoms with Crippen molar-refractivity contribution in [2.45, 2.75) is 23.8 Å². The first-order valence-corrected chi connectivity index (χ1v) is 8.32. The maximum Gasteiger partial charge on any atom is 0.0798 e. The molecule has 0 aliphatic carbocycles. The Morgan fingerprint density at radius 1 is 1.30 bits per heavy atom. The van der Waals surface area contributed by atoms with E-state index in [4.69, 9.17) is 4.74 Å². The Kier molecular flexibility index (Phi) is 4.43. The van der Waals surface area contributed by atoms with Gasteiger partial charge in [-0.05, 0) is 48.8 Å². The topological polar surface area (TPSA) is 27.1 Å². The van der Waals surface area contributed by atoms with Gasteiger partial charge in [-0.1, -0.05) is 12.1 Å². The summed E-state index contributed by atoms with van der Waals surface area (Å²) in [5, 5.41) is 4.49. The van der Waals surface area contributed by atoms with E-state index in [9.17, 15) is 0 Å². The highest BCUT2D eigenvalue weighted by molar-refractivity contribution is 7.98. The Morgan fingerprint density at radius 2 is 2.15 bits per heavy atom. The average Bonchev–Trinajstić information content (AvgIpc) is 3.03. The van der Waals surface area contributed by atoms with Crippen LogP contribution in [0.2, 0.25) is 0 Å². The minimum atomic E-state index is 0.320. The van der Waals surface area contributed by atoms with Crippen molar-refractivity contribution in [2.75, 3.05) is 19.5 Å². The van der Waals surface area contributed by atoms with Gasteiger partial charge in [0.2, 0.25) is 0 Å². The van der Waals surface area contributed by atoms with E-state index in [1.54, 1.807) is 11.8 Å². The zero-order valence-electron chi connectivity index (χ0n) is 11.7. The Morgan fingerprint density at radius 3 is 2.85 bits per heavy atom. The lowest BCUT2D eigenvalue weighted by Gasteiger charge is -2.31. The highest BCUT2D eigenvalue weighted by atomic mass is 32.2. The Labute approximate surface area is 124 Å². The van der Waals surface area contributed by atoms with E-state index in [-0.39, 0.29) is 0 Å². The maximum absolute atomic E-state index is 5.51. The number of hydrogen-bond acceptors (Lipinski definition) is 3.